The number of aliphatic hydroxyl groups is 1. The molecule has 0 saturated heterocycles. The van der Waals surface area contributed by atoms with E-state index in [0.29, 0.717) is 12.8 Å². The summed E-state index contributed by atoms with van der Waals surface area (Å²) in [5, 5.41) is 15.2. The summed E-state index contributed by atoms with van der Waals surface area (Å²) in [4.78, 5) is 0. The third-order valence-corrected chi connectivity index (χ3v) is 3.99. The highest BCUT2D eigenvalue weighted by atomic mass is 16.3. The van der Waals surface area contributed by atoms with Crippen molar-refractivity contribution in [1.29, 1.82) is 0 Å². The van der Waals surface area contributed by atoms with Crippen LogP contribution in [0, 0.1) is 0 Å². The standard InChI is InChI=1S/C22H22N2O/c25-22(17-19-12-6-2-7-13-19)21(16-18-10-4-1-5-11-18)24-23-20-14-8-3-9-15-20/h1-15,22-23,25H,16-17H2/b24-21+. The van der Waals surface area contributed by atoms with E-state index in [2.05, 4.69) is 10.5 Å². The highest BCUT2D eigenvalue weighted by Crippen LogP contribution is 2.11. The molecule has 0 aromatic heterocycles. The van der Waals surface area contributed by atoms with Crippen molar-refractivity contribution in [2.24, 2.45) is 5.10 Å². The first kappa shape index (κ1) is 16.9. The average molecular weight is 330 g/mol. The van der Waals surface area contributed by atoms with Gasteiger partial charge in [-0.05, 0) is 23.3 Å². The summed E-state index contributed by atoms with van der Waals surface area (Å²) in [6.45, 7) is 0. The Kier molecular flexibility index (Phi) is 5.96. The van der Waals surface area contributed by atoms with Gasteiger partial charge in [0, 0.05) is 12.8 Å². The number of anilines is 1. The third kappa shape index (κ3) is 5.30. The van der Waals surface area contributed by atoms with E-state index in [1.165, 1.54) is 0 Å². The molecular formula is C22H22N2O. The van der Waals surface area contributed by atoms with Crippen LogP contribution < -0.4 is 5.43 Å². The summed E-state index contributed by atoms with van der Waals surface area (Å²) in [7, 11) is 0. The topological polar surface area (TPSA) is 44.6 Å². The minimum absolute atomic E-state index is 0.545. The average Bonchev–Trinajstić information content (AvgIpc) is 2.67. The smallest absolute Gasteiger partial charge is 0.0982 e. The van der Waals surface area contributed by atoms with E-state index in [9.17, 15) is 5.11 Å². The Bertz CT molecular complexity index is 786. The van der Waals surface area contributed by atoms with Gasteiger partial charge in [0.1, 0.15) is 0 Å². The van der Waals surface area contributed by atoms with E-state index in [1.807, 2.05) is 91.0 Å². The maximum atomic E-state index is 10.7. The molecule has 126 valence electrons. The normalized spacial score (nSPS) is 12.6. The maximum Gasteiger partial charge on any atom is 0.0982 e. The Morgan fingerprint density at radius 2 is 1.28 bits per heavy atom. The van der Waals surface area contributed by atoms with Gasteiger partial charge in [-0.2, -0.15) is 5.10 Å². The predicted molar refractivity (Wildman–Crippen MR) is 104 cm³/mol. The molecule has 0 heterocycles. The Labute approximate surface area is 148 Å². The molecule has 0 spiro atoms. The van der Waals surface area contributed by atoms with Crippen molar-refractivity contribution in [2.75, 3.05) is 5.43 Å². The third-order valence-electron chi connectivity index (χ3n) is 3.99. The quantitative estimate of drug-likeness (QED) is 0.501. The second-order valence-electron chi connectivity index (χ2n) is 5.95. The Morgan fingerprint density at radius 3 is 1.88 bits per heavy atom. The van der Waals surface area contributed by atoms with Crippen LogP contribution in [0.2, 0.25) is 0 Å². The van der Waals surface area contributed by atoms with Crippen LogP contribution in [0.1, 0.15) is 11.1 Å². The molecule has 3 aromatic rings. The number of hydrogen-bond acceptors (Lipinski definition) is 3. The van der Waals surface area contributed by atoms with E-state index in [4.69, 9.17) is 0 Å². The minimum atomic E-state index is -0.640. The van der Waals surface area contributed by atoms with Gasteiger partial charge in [-0.25, -0.2) is 0 Å². The Hall–Kier alpha value is -2.91. The van der Waals surface area contributed by atoms with Crippen molar-refractivity contribution < 1.29 is 5.11 Å². The molecule has 0 fully saturated rings. The summed E-state index contributed by atoms with van der Waals surface area (Å²) in [5.74, 6) is 0. The van der Waals surface area contributed by atoms with Gasteiger partial charge in [-0.1, -0.05) is 78.9 Å². The van der Waals surface area contributed by atoms with Gasteiger partial charge >= 0.3 is 0 Å². The fourth-order valence-corrected chi connectivity index (χ4v) is 2.64. The summed E-state index contributed by atoms with van der Waals surface area (Å²) < 4.78 is 0. The molecule has 0 aliphatic rings. The lowest BCUT2D eigenvalue weighted by Gasteiger charge is -2.15. The molecule has 3 rings (SSSR count). The van der Waals surface area contributed by atoms with E-state index >= 15 is 0 Å². The van der Waals surface area contributed by atoms with Crippen LogP contribution in [-0.4, -0.2) is 16.9 Å². The molecule has 2 N–H and O–H groups in total. The Balaban J connectivity index is 1.77. The van der Waals surface area contributed by atoms with Crippen molar-refractivity contribution in [3.8, 4) is 0 Å². The molecule has 3 nitrogen and oxygen atoms in total. The summed E-state index contributed by atoms with van der Waals surface area (Å²) in [5.41, 5.74) is 6.90. The lowest BCUT2D eigenvalue weighted by molar-refractivity contribution is 0.240. The van der Waals surface area contributed by atoms with Crippen molar-refractivity contribution in [2.45, 2.75) is 18.9 Å². The highest BCUT2D eigenvalue weighted by Gasteiger charge is 2.14. The van der Waals surface area contributed by atoms with Gasteiger partial charge in [0.25, 0.3) is 0 Å². The number of hydrogen-bond donors (Lipinski definition) is 2. The number of hydrazone groups is 1. The zero-order chi connectivity index (χ0) is 17.3. The van der Waals surface area contributed by atoms with Gasteiger partial charge in [0.15, 0.2) is 0 Å². The summed E-state index contributed by atoms with van der Waals surface area (Å²) >= 11 is 0. The predicted octanol–water partition coefficient (Wildman–Crippen LogP) is 4.30. The first-order valence-electron chi connectivity index (χ1n) is 8.45. The summed E-state index contributed by atoms with van der Waals surface area (Å²) in [6.07, 6.45) is 0.510. The van der Waals surface area contributed by atoms with Crippen LogP contribution in [-0.2, 0) is 12.8 Å². The monoisotopic (exact) mass is 330 g/mol. The fourth-order valence-electron chi connectivity index (χ4n) is 2.64. The number of para-hydroxylation sites is 1. The minimum Gasteiger partial charge on any atom is -0.387 e. The molecule has 3 aromatic carbocycles. The van der Waals surface area contributed by atoms with Gasteiger partial charge in [-0.15, -0.1) is 0 Å². The molecule has 3 heteroatoms. The number of aliphatic hydroxyl groups excluding tert-OH is 1. The molecule has 25 heavy (non-hydrogen) atoms. The molecule has 0 aliphatic carbocycles. The lowest BCUT2D eigenvalue weighted by atomic mass is 9.99. The Morgan fingerprint density at radius 1 is 0.760 bits per heavy atom. The van der Waals surface area contributed by atoms with Gasteiger partial charge in [-0.3, -0.25) is 5.43 Å². The highest BCUT2D eigenvalue weighted by molar-refractivity contribution is 5.91. The largest absolute Gasteiger partial charge is 0.387 e. The van der Waals surface area contributed by atoms with Gasteiger partial charge < -0.3 is 5.11 Å². The van der Waals surface area contributed by atoms with E-state index in [0.717, 1.165) is 22.5 Å². The van der Waals surface area contributed by atoms with Crippen molar-refractivity contribution in [3.63, 3.8) is 0 Å². The second kappa shape index (κ2) is 8.81. The van der Waals surface area contributed by atoms with Crippen LogP contribution in [0.3, 0.4) is 0 Å². The molecule has 0 bridgehead atoms. The molecule has 0 radical (unpaired) electrons. The number of nitrogens with one attached hydrogen (secondary N) is 1. The van der Waals surface area contributed by atoms with Gasteiger partial charge in [0.2, 0.25) is 0 Å². The van der Waals surface area contributed by atoms with Crippen LogP contribution in [0.15, 0.2) is 96.1 Å². The van der Waals surface area contributed by atoms with Crippen LogP contribution in [0.5, 0.6) is 0 Å². The zero-order valence-electron chi connectivity index (χ0n) is 14.0. The molecule has 0 aliphatic heterocycles. The number of nitrogens with zero attached hydrogens (tertiary/aromatic N) is 1. The molecule has 1 unspecified atom stereocenters. The zero-order valence-corrected chi connectivity index (χ0v) is 14.0. The van der Waals surface area contributed by atoms with Crippen molar-refractivity contribution in [1.82, 2.24) is 0 Å². The first-order chi connectivity index (χ1) is 12.3. The molecular weight excluding hydrogens is 308 g/mol. The van der Waals surface area contributed by atoms with E-state index in [1.54, 1.807) is 0 Å². The maximum absolute atomic E-state index is 10.7. The number of rotatable bonds is 7. The second-order valence-corrected chi connectivity index (χ2v) is 5.95. The van der Waals surface area contributed by atoms with Crippen LogP contribution >= 0.6 is 0 Å². The lowest BCUT2D eigenvalue weighted by Crippen LogP contribution is -2.26. The van der Waals surface area contributed by atoms with Crippen LogP contribution in [0.4, 0.5) is 5.69 Å². The van der Waals surface area contributed by atoms with Gasteiger partial charge in [0.05, 0.1) is 17.5 Å². The van der Waals surface area contributed by atoms with Crippen molar-refractivity contribution in [3.05, 3.63) is 102 Å². The first-order valence-corrected chi connectivity index (χ1v) is 8.45. The summed E-state index contributed by atoms with van der Waals surface area (Å²) in [6, 6.07) is 29.9. The van der Waals surface area contributed by atoms with Crippen molar-refractivity contribution >= 4 is 11.4 Å². The molecule has 0 saturated carbocycles. The molecule has 0 amide bonds. The van der Waals surface area contributed by atoms with Crippen LogP contribution in [0.25, 0.3) is 0 Å². The SMILES string of the molecule is OC(Cc1ccccc1)/C(Cc1ccccc1)=N/Nc1ccccc1. The number of benzene rings is 3. The fraction of sp³-hybridized carbons (Fsp3) is 0.136. The van der Waals surface area contributed by atoms with E-state index in [-0.39, 0.29) is 0 Å². The molecule has 1 atom stereocenters. The van der Waals surface area contributed by atoms with E-state index < -0.39 is 6.10 Å².